The molecule has 3 aromatic carbocycles. The number of ether oxygens (including phenoxy) is 4. The van der Waals surface area contributed by atoms with Gasteiger partial charge in [-0.1, -0.05) is 30.3 Å². The van der Waals surface area contributed by atoms with E-state index in [-0.39, 0.29) is 17.8 Å². The van der Waals surface area contributed by atoms with Gasteiger partial charge in [-0.2, -0.15) is 0 Å². The molecule has 1 heterocycles. The van der Waals surface area contributed by atoms with Gasteiger partial charge < -0.3 is 23.4 Å². The second-order valence-electron chi connectivity index (χ2n) is 7.03. The number of carbonyl (C=O) groups excluding carboxylic acids is 1. The first-order valence-corrected chi connectivity index (χ1v) is 10.3. The van der Waals surface area contributed by atoms with E-state index in [1.54, 1.807) is 68.6 Å². The zero-order valence-corrected chi connectivity index (χ0v) is 18.1. The summed E-state index contributed by atoms with van der Waals surface area (Å²) < 4.78 is 27.5. The van der Waals surface area contributed by atoms with Crippen LogP contribution < -0.4 is 19.6 Å². The van der Waals surface area contributed by atoms with E-state index in [0.717, 1.165) is 0 Å². The molecule has 0 spiro atoms. The number of methoxy groups -OCH3 is 1. The third-order valence-electron chi connectivity index (χ3n) is 4.86. The smallest absolute Gasteiger partial charge is 0.352 e. The second kappa shape index (κ2) is 9.91. The highest BCUT2D eigenvalue weighted by molar-refractivity contribution is 5.80. The summed E-state index contributed by atoms with van der Waals surface area (Å²) in [5.74, 6) is 1.06. The summed E-state index contributed by atoms with van der Waals surface area (Å²) in [4.78, 5) is 25.4. The number of rotatable bonds is 8. The summed E-state index contributed by atoms with van der Waals surface area (Å²) in [6.07, 6.45) is 0.298. The first-order chi connectivity index (χ1) is 16.1. The summed E-state index contributed by atoms with van der Waals surface area (Å²) in [7, 11) is 1.57. The molecule has 168 valence electrons. The van der Waals surface area contributed by atoms with E-state index < -0.39 is 12.1 Å². The van der Waals surface area contributed by atoms with Crippen molar-refractivity contribution in [2.75, 3.05) is 13.7 Å². The van der Waals surface area contributed by atoms with Gasteiger partial charge in [-0.15, -0.1) is 0 Å². The number of carbonyl (C=O) groups is 1. The van der Waals surface area contributed by atoms with Gasteiger partial charge in [0.05, 0.1) is 19.1 Å². The minimum atomic E-state index is -0.951. The highest BCUT2D eigenvalue weighted by Gasteiger charge is 2.24. The fourth-order valence-corrected chi connectivity index (χ4v) is 3.24. The van der Waals surface area contributed by atoms with E-state index in [4.69, 9.17) is 23.4 Å². The van der Waals surface area contributed by atoms with Gasteiger partial charge in [-0.3, -0.25) is 4.79 Å². The van der Waals surface area contributed by atoms with Crippen molar-refractivity contribution in [1.29, 1.82) is 0 Å². The van der Waals surface area contributed by atoms with E-state index in [1.165, 1.54) is 6.26 Å². The molecule has 0 saturated heterocycles. The lowest BCUT2D eigenvalue weighted by Gasteiger charge is -2.18. The summed E-state index contributed by atoms with van der Waals surface area (Å²) in [5.41, 5.74) is 0.625. The van der Waals surface area contributed by atoms with Crippen LogP contribution in [-0.2, 0) is 9.53 Å². The Bertz CT molecular complexity index is 1290. The molecule has 0 fully saturated rings. The first-order valence-electron chi connectivity index (χ1n) is 10.3. The average molecular weight is 446 g/mol. The van der Waals surface area contributed by atoms with Crippen LogP contribution in [0.25, 0.3) is 11.0 Å². The number of hydrogen-bond donors (Lipinski definition) is 0. The molecule has 0 aliphatic carbocycles. The lowest BCUT2D eigenvalue weighted by Crippen LogP contribution is -2.21. The SMILES string of the molecule is CCOC(=O)C(Oc1ccc2c(=O)c(Oc3ccc(OC)cc3)coc2c1)c1ccccc1. The molecule has 0 amide bonds. The van der Waals surface area contributed by atoms with E-state index >= 15 is 0 Å². The van der Waals surface area contributed by atoms with Gasteiger partial charge in [-0.25, -0.2) is 4.79 Å². The number of hydrogen-bond acceptors (Lipinski definition) is 7. The number of benzene rings is 3. The molecule has 0 radical (unpaired) electrons. The van der Waals surface area contributed by atoms with Gasteiger partial charge in [0.2, 0.25) is 17.3 Å². The maximum absolute atomic E-state index is 12.9. The normalized spacial score (nSPS) is 11.6. The lowest BCUT2D eigenvalue weighted by molar-refractivity contribution is -0.151. The third kappa shape index (κ3) is 4.98. The van der Waals surface area contributed by atoms with Gasteiger partial charge in [-0.05, 0) is 43.3 Å². The van der Waals surface area contributed by atoms with Crippen LogP contribution in [0.1, 0.15) is 18.6 Å². The summed E-state index contributed by atoms with van der Waals surface area (Å²) >= 11 is 0. The molecule has 0 aliphatic heterocycles. The summed E-state index contributed by atoms with van der Waals surface area (Å²) in [6, 6.07) is 20.6. The van der Waals surface area contributed by atoms with Gasteiger partial charge in [0.1, 0.15) is 29.1 Å². The zero-order valence-electron chi connectivity index (χ0n) is 18.1. The van der Waals surface area contributed by atoms with Crippen molar-refractivity contribution in [2.45, 2.75) is 13.0 Å². The molecule has 7 heteroatoms. The molecule has 0 N–H and O–H groups in total. The number of esters is 1. The van der Waals surface area contributed by atoms with E-state index in [1.807, 2.05) is 18.2 Å². The van der Waals surface area contributed by atoms with Crippen molar-refractivity contribution < 1.29 is 28.2 Å². The largest absolute Gasteiger partial charge is 0.497 e. The highest BCUT2D eigenvalue weighted by atomic mass is 16.6. The van der Waals surface area contributed by atoms with Crippen LogP contribution in [0.5, 0.6) is 23.0 Å². The van der Waals surface area contributed by atoms with Gasteiger partial charge in [0.25, 0.3) is 0 Å². The summed E-state index contributed by atoms with van der Waals surface area (Å²) in [6.45, 7) is 1.96. The molecule has 0 aliphatic rings. The third-order valence-corrected chi connectivity index (χ3v) is 4.86. The molecule has 1 unspecified atom stereocenters. The molecule has 4 rings (SSSR count). The first kappa shape index (κ1) is 22.0. The molecule has 33 heavy (non-hydrogen) atoms. The molecular formula is C26H22O7. The van der Waals surface area contributed by atoms with Crippen molar-refractivity contribution in [3.05, 3.63) is 94.8 Å². The monoisotopic (exact) mass is 446 g/mol. The van der Waals surface area contributed by atoms with Crippen LogP contribution >= 0.6 is 0 Å². The van der Waals surface area contributed by atoms with Gasteiger partial charge in [0.15, 0.2) is 0 Å². The zero-order chi connectivity index (χ0) is 23.2. The minimum Gasteiger partial charge on any atom is -0.497 e. The molecular weight excluding hydrogens is 424 g/mol. The van der Waals surface area contributed by atoms with Crippen molar-refractivity contribution >= 4 is 16.9 Å². The molecule has 7 nitrogen and oxygen atoms in total. The van der Waals surface area contributed by atoms with Crippen LogP contribution in [-0.4, -0.2) is 19.7 Å². The molecule has 0 bridgehead atoms. The van der Waals surface area contributed by atoms with Gasteiger partial charge in [0, 0.05) is 11.6 Å². The van der Waals surface area contributed by atoms with E-state index in [0.29, 0.717) is 33.8 Å². The maximum Gasteiger partial charge on any atom is 0.352 e. The molecule has 0 saturated carbocycles. The predicted molar refractivity (Wildman–Crippen MR) is 122 cm³/mol. The van der Waals surface area contributed by atoms with Gasteiger partial charge >= 0.3 is 5.97 Å². The van der Waals surface area contributed by atoms with E-state index in [2.05, 4.69) is 0 Å². The Balaban J connectivity index is 1.60. The van der Waals surface area contributed by atoms with Crippen LogP contribution in [0.3, 0.4) is 0 Å². The quantitative estimate of drug-likeness (QED) is 0.341. The maximum atomic E-state index is 12.9. The van der Waals surface area contributed by atoms with Crippen molar-refractivity contribution in [3.63, 3.8) is 0 Å². The number of fused-ring (bicyclic) bond motifs is 1. The summed E-state index contributed by atoms with van der Waals surface area (Å²) in [5, 5.41) is 0.320. The molecule has 1 aromatic heterocycles. The minimum absolute atomic E-state index is 0.0509. The topological polar surface area (TPSA) is 84.2 Å². The standard InChI is InChI=1S/C26H22O7/c1-3-30-26(28)25(17-7-5-4-6-8-17)33-20-13-14-21-22(15-20)31-16-23(24(21)27)32-19-11-9-18(29-2)10-12-19/h4-16,25H,3H2,1-2H3. The van der Waals surface area contributed by atoms with Crippen LogP contribution in [0.15, 0.2) is 88.3 Å². The highest BCUT2D eigenvalue weighted by Crippen LogP contribution is 2.28. The molecule has 1 atom stereocenters. The fourth-order valence-electron chi connectivity index (χ4n) is 3.24. The lowest BCUT2D eigenvalue weighted by atomic mass is 10.1. The Morgan fingerprint density at radius 3 is 2.33 bits per heavy atom. The van der Waals surface area contributed by atoms with Crippen molar-refractivity contribution in [2.24, 2.45) is 0 Å². The Morgan fingerprint density at radius 1 is 0.939 bits per heavy atom. The van der Waals surface area contributed by atoms with E-state index in [9.17, 15) is 9.59 Å². The van der Waals surface area contributed by atoms with Crippen LogP contribution in [0, 0.1) is 0 Å². The average Bonchev–Trinajstić information content (AvgIpc) is 2.85. The Kier molecular flexibility index (Phi) is 6.59. The van der Waals surface area contributed by atoms with Crippen molar-refractivity contribution in [1.82, 2.24) is 0 Å². The fraction of sp³-hybridized carbons (Fsp3) is 0.154. The predicted octanol–water partition coefficient (Wildman–Crippen LogP) is 5.28. The molecule has 4 aromatic rings. The Morgan fingerprint density at radius 2 is 1.64 bits per heavy atom. The second-order valence-corrected chi connectivity index (χ2v) is 7.03. The Labute approximate surface area is 190 Å². The Hall–Kier alpha value is -4.26. The van der Waals surface area contributed by atoms with Crippen LogP contribution in [0.4, 0.5) is 0 Å². The van der Waals surface area contributed by atoms with Crippen LogP contribution in [0.2, 0.25) is 0 Å². The van der Waals surface area contributed by atoms with Crippen molar-refractivity contribution in [3.8, 4) is 23.0 Å².